The van der Waals surface area contributed by atoms with E-state index in [1.165, 1.54) is 18.3 Å². The quantitative estimate of drug-likeness (QED) is 0.695. The first-order valence-corrected chi connectivity index (χ1v) is 8.98. The monoisotopic (exact) mass is 388 g/mol. The molecule has 1 aromatic carbocycles. The van der Waals surface area contributed by atoms with Gasteiger partial charge in [0.1, 0.15) is 17.2 Å². The minimum absolute atomic E-state index is 0.146. The third-order valence-corrected chi connectivity index (χ3v) is 4.70. The number of hydrogen-bond donors (Lipinski definition) is 1. The van der Waals surface area contributed by atoms with Crippen LogP contribution in [0.2, 0.25) is 0 Å². The van der Waals surface area contributed by atoms with Crippen molar-refractivity contribution >= 4 is 17.3 Å². The minimum atomic E-state index is -0.638. The van der Waals surface area contributed by atoms with Crippen molar-refractivity contribution in [2.45, 2.75) is 26.3 Å². The molecular formula is C19H18F2N4O3. The lowest BCUT2D eigenvalue weighted by atomic mass is 10.0. The standard InChI is InChI=1S/C19H18F2N4O3/c1-2-28-19(27)14-9-22-25-16(26)8-13(23-18(14)25)10-24-5-3-4-11-6-12(20)7-15(21)17(11)24/h6-9,22H,2-5,10H2,1H3. The molecule has 2 aromatic heterocycles. The number of anilines is 1. The Morgan fingerprint density at radius 2 is 2.14 bits per heavy atom. The van der Waals surface area contributed by atoms with Crippen molar-refractivity contribution in [3.63, 3.8) is 0 Å². The molecule has 1 N–H and O–H groups in total. The highest BCUT2D eigenvalue weighted by Crippen LogP contribution is 2.31. The molecule has 0 saturated heterocycles. The molecule has 0 radical (unpaired) electrons. The van der Waals surface area contributed by atoms with Crippen molar-refractivity contribution in [2.75, 3.05) is 18.1 Å². The number of rotatable bonds is 4. The van der Waals surface area contributed by atoms with E-state index in [2.05, 4.69) is 10.1 Å². The Bertz CT molecular complexity index is 1120. The van der Waals surface area contributed by atoms with E-state index in [4.69, 9.17) is 4.74 Å². The van der Waals surface area contributed by atoms with Gasteiger partial charge in [-0.25, -0.2) is 23.1 Å². The Kier molecular flexibility index (Phi) is 4.58. The van der Waals surface area contributed by atoms with Crippen LogP contribution in [0.25, 0.3) is 5.65 Å². The number of aryl methyl sites for hydroxylation is 1. The first kappa shape index (κ1) is 18.1. The van der Waals surface area contributed by atoms with E-state index in [0.29, 0.717) is 29.9 Å². The van der Waals surface area contributed by atoms with E-state index < -0.39 is 23.2 Å². The lowest BCUT2D eigenvalue weighted by Crippen LogP contribution is -2.31. The van der Waals surface area contributed by atoms with Gasteiger partial charge in [-0.3, -0.25) is 9.89 Å². The zero-order chi connectivity index (χ0) is 19.8. The predicted molar refractivity (Wildman–Crippen MR) is 97.5 cm³/mol. The zero-order valence-corrected chi connectivity index (χ0v) is 15.2. The summed E-state index contributed by atoms with van der Waals surface area (Å²) in [5.41, 5.74) is 1.20. The number of carbonyl (C=O) groups excluding carboxylic acids is 1. The first-order valence-electron chi connectivity index (χ1n) is 8.98. The summed E-state index contributed by atoms with van der Waals surface area (Å²) >= 11 is 0. The van der Waals surface area contributed by atoms with Crippen molar-refractivity contribution in [3.8, 4) is 0 Å². The molecule has 3 heterocycles. The summed E-state index contributed by atoms with van der Waals surface area (Å²) in [5.74, 6) is -1.83. The molecule has 0 fully saturated rings. The molecule has 0 spiro atoms. The van der Waals surface area contributed by atoms with Gasteiger partial charge in [0, 0.05) is 24.9 Å². The number of esters is 1. The van der Waals surface area contributed by atoms with E-state index in [1.807, 2.05) is 0 Å². The maximum absolute atomic E-state index is 14.4. The van der Waals surface area contributed by atoms with Crippen LogP contribution in [0.1, 0.15) is 35.0 Å². The molecular weight excluding hydrogens is 370 g/mol. The third kappa shape index (κ3) is 3.12. The number of nitrogens with one attached hydrogen (secondary N) is 1. The molecule has 0 bridgehead atoms. The van der Waals surface area contributed by atoms with Crippen LogP contribution in [0.3, 0.4) is 0 Å². The summed E-state index contributed by atoms with van der Waals surface area (Å²) in [7, 11) is 0. The van der Waals surface area contributed by atoms with Gasteiger partial charge in [-0.15, -0.1) is 0 Å². The molecule has 0 saturated carbocycles. The number of H-pyrrole nitrogens is 1. The molecule has 9 heteroatoms. The molecule has 1 aliphatic heterocycles. The highest BCUT2D eigenvalue weighted by molar-refractivity contribution is 5.95. The second-order valence-corrected chi connectivity index (χ2v) is 6.57. The number of aromatic nitrogens is 3. The molecule has 146 valence electrons. The smallest absolute Gasteiger partial charge is 0.343 e. The Balaban J connectivity index is 1.73. The second kappa shape index (κ2) is 7.06. The van der Waals surface area contributed by atoms with Crippen LogP contribution in [-0.2, 0) is 17.7 Å². The van der Waals surface area contributed by atoms with Gasteiger partial charge in [0.15, 0.2) is 5.65 Å². The Morgan fingerprint density at radius 3 is 2.93 bits per heavy atom. The molecule has 7 nitrogen and oxygen atoms in total. The molecule has 1 aliphatic rings. The van der Waals surface area contributed by atoms with E-state index in [0.717, 1.165) is 17.0 Å². The highest BCUT2D eigenvalue weighted by Gasteiger charge is 2.23. The van der Waals surface area contributed by atoms with Gasteiger partial charge in [-0.1, -0.05) is 0 Å². The topological polar surface area (TPSA) is 79.7 Å². The van der Waals surface area contributed by atoms with Gasteiger partial charge in [0.2, 0.25) is 0 Å². The maximum atomic E-state index is 14.4. The average Bonchev–Trinajstić information content (AvgIpc) is 3.06. The number of nitrogens with zero attached hydrogens (tertiary/aromatic N) is 3. The van der Waals surface area contributed by atoms with Crippen molar-refractivity contribution in [1.29, 1.82) is 0 Å². The predicted octanol–water partition coefficient (Wildman–Crippen LogP) is 2.43. The number of carbonyl (C=O) groups is 1. The molecule has 0 aliphatic carbocycles. The summed E-state index contributed by atoms with van der Waals surface area (Å²) in [6.45, 7) is 2.59. The van der Waals surface area contributed by atoms with Crippen LogP contribution in [0.15, 0.2) is 29.2 Å². The fourth-order valence-electron chi connectivity index (χ4n) is 3.56. The second-order valence-electron chi connectivity index (χ2n) is 6.57. The van der Waals surface area contributed by atoms with Crippen LogP contribution in [-0.4, -0.2) is 33.7 Å². The van der Waals surface area contributed by atoms with Crippen LogP contribution < -0.4 is 10.5 Å². The SMILES string of the molecule is CCOC(=O)c1c[nH]n2c(=O)cc(CN3CCCc4cc(F)cc(F)c43)nc12. The van der Waals surface area contributed by atoms with Crippen molar-refractivity contribution < 1.29 is 18.3 Å². The molecule has 4 rings (SSSR count). The van der Waals surface area contributed by atoms with Crippen LogP contribution in [0.4, 0.5) is 14.5 Å². The van der Waals surface area contributed by atoms with Crippen molar-refractivity contribution in [3.05, 3.63) is 63.2 Å². The molecule has 3 aromatic rings. The van der Waals surface area contributed by atoms with E-state index in [-0.39, 0.29) is 24.4 Å². The summed E-state index contributed by atoms with van der Waals surface area (Å²) in [6.07, 6.45) is 2.68. The van der Waals surface area contributed by atoms with Gasteiger partial charge in [-0.05, 0) is 31.4 Å². The first-order chi connectivity index (χ1) is 13.5. The Hall–Kier alpha value is -3.23. The van der Waals surface area contributed by atoms with Gasteiger partial charge in [0.25, 0.3) is 5.56 Å². The summed E-state index contributed by atoms with van der Waals surface area (Å²) in [6, 6.07) is 3.52. The van der Waals surface area contributed by atoms with E-state index >= 15 is 0 Å². The molecule has 28 heavy (non-hydrogen) atoms. The molecule has 0 atom stereocenters. The Morgan fingerprint density at radius 1 is 1.32 bits per heavy atom. The van der Waals surface area contributed by atoms with Gasteiger partial charge in [0.05, 0.1) is 24.5 Å². The maximum Gasteiger partial charge on any atom is 0.343 e. The lowest BCUT2D eigenvalue weighted by Gasteiger charge is -2.31. The molecule has 0 amide bonds. The zero-order valence-electron chi connectivity index (χ0n) is 15.2. The fourth-order valence-corrected chi connectivity index (χ4v) is 3.56. The largest absolute Gasteiger partial charge is 0.462 e. The van der Waals surface area contributed by atoms with Gasteiger partial charge in [-0.2, -0.15) is 0 Å². The number of hydrogen-bond acceptors (Lipinski definition) is 5. The van der Waals surface area contributed by atoms with Crippen LogP contribution in [0.5, 0.6) is 0 Å². The number of benzene rings is 1. The number of aromatic amines is 1. The van der Waals surface area contributed by atoms with Crippen molar-refractivity contribution in [2.24, 2.45) is 0 Å². The Labute approximate surface area is 158 Å². The highest BCUT2D eigenvalue weighted by atomic mass is 19.1. The summed E-state index contributed by atoms with van der Waals surface area (Å²) in [5, 5.41) is 2.68. The van der Waals surface area contributed by atoms with Gasteiger partial charge >= 0.3 is 5.97 Å². The van der Waals surface area contributed by atoms with Crippen LogP contribution in [0, 0.1) is 11.6 Å². The average molecular weight is 388 g/mol. The van der Waals surface area contributed by atoms with Gasteiger partial charge < -0.3 is 9.64 Å². The van der Waals surface area contributed by atoms with Crippen molar-refractivity contribution in [1.82, 2.24) is 14.6 Å². The summed E-state index contributed by atoms with van der Waals surface area (Å²) in [4.78, 5) is 30.6. The fraction of sp³-hybridized carbons (Fsp3) is 0.316. The number of ether oxygens (including phenoxy) is 1. The molecule has 0 unspecified atom stereocenters. The normalized spacial score (nSPS) is 13.6. The third-order valence-electron chi connectivity index (χ3n) is 4.70. The van der Waals surface area contributed by atoms with E-state index in [1.54, 1.807) is 11.8 Å². The summed E-state index contributed by atoms with van der Waals surface area (Å²) < 4.78 is 34.0. The lowest BCUT2D eigenvalue weighted by molar-refractivity contribution is 0.0528. The van der Waals surface area contributed by atoms with E-state index in [9.17, 15) is 18.4 Å². The minimum Gasteiger partial charge on any atom is -0.462 e. The number of fused-ring (bicyclic) bond motifs is 2. The number of halogens is 2. The van der Waals surface area contributed by atoms with Crippen LogP contribution >= 0.6 is 0 Å².